The lowest BCUT2D eigenvalue weighted by Crippen LogP contribution is -2.29. The number of phenolic OH excluding ortho intramolecular Hbond substituents is 1. The Morgan fingerprint density at radius 2 is 1.94 bits per heavy atom. The number of phenols is 1. The van der Waals surface area contributed by atoms with E-state index in [1.165, 1.54) is 18.2 Å². The highest BCUT2D eigenvalue weighted by molar-refractivity contribution is 5.93. The van der Waals surface area contributed by atoms with Gasteiger partial charge in [-0.1, -0.05) is 0 Å². The molecule has 3 N–H and O–H groups in total. The molecule has 5 heteroatoms. The van der Waals surface area contributed by atoms with Gasteiger partial charge in [0.2, 0.25) is 5.91 Å². The molecule has 0 saturated carbocycles. The lowest BCUT2D eigenvalue weighted by atomic mass is 10.2. The van der Waals surface area contributed by atoms with Gasteiger partial charge in [-0.15, -0.1) is 0 Å². The van der Waals surface area contributed by atoms with E-state index in [2.05, 4.69) is 0 Å². The van der Waals surface area contributed by atoms with Crippen LogP contribution >= 0.6 is 0 Å². The number of carbonyl (C=O) groups excluding carboxylic acids is 1. The van der Waals surface area contributed by atoms with Gasteiger partial charge in [-0.25, -0.2) is 0 Å². The summed E-state index contributed by atoms with van der Waals surface area (Å²) in [6.45, 7) is 7.46. The predicted molar refractivity (Wildman–Crippen MR) is 67.6 cm³/mol. The predicted octanol–water partition coefficient (Wildman–Crippen LogP) is 2.03. The molecule has 18 heavy (non-hydrogen) atoms. The van der Waals surface area contributed by atoms with Gasteiger partial charge in [0.1, 0.15) is 11.5 Å². The number of rotatable bonds is 4. The number of amides is 1. The molecule has 0 aliphatic rings. The van der Waals surface area contributed by atoms with Crippen molar-refractivity contribution in [2.75, 3.05) is 0 Å². The lowest BCUT2D eigenvalue weighted by Gasteiger charge is -2.25. The summed E-state index contributed by atoms with van der Waals surface area (Å²) in [5, 5.41) is 9.46. The van der Waals surface area contributed by atoms with Crippen LogP contribution in [0.4, 0.5) is 0 Å². The maximum atomic E-state index is 11.0. The largest absolute Gasteiger partial charge is 0.508 e. The molecule has 0 fully saturated rings. The third-order valence-corrected chi connectivity index (χ3v) is 2.00. The third-order valence-electron chi connectivity index (χ3n) is 2.00. The molecule has 0 spiro atoms. The van der Waals surface area contributed by atoms with E-state index in [1.54, 1.807) is 6.92 Å². The van der Waals surface area contributed by atoms with Gasteiger partial charge in [0.15, 0.2) is 6.29 Å². The average Bonchev–Trinajstić information content (AvgIpc) is 2.12. The van der Waals surface area contributed by atoms with Crippen molar-refractivity contribution in [2.45, 2.75) is 39.6 Å². The van der Waals surface area contributed by atoms with Crippen LogP contribution in [0.5, 0.6) is 11.5 Å². The molecule has 0 bridgehead atoms. The first-order valence-corrected chi connectivity index (χ1v) is 5.66. The minimum atomic E-state index is -0.625. The fraction of sp³-hybridized carbons (Fsp3) is 0.462. The van der Waals surface area contributed by atoms with E-state index >= 15 is 0 Å². The Kier molecular flexibility index (Phi) is 4.19. The minimum Gasteiger partial charge on any atom is -0.508 e. The van der Waals surface area contributed by atoms with Gasteiger partial charge in [-0.2, -0.15) is 0 Å². The molecule has 0 aliphatic carbocycles. The van der Waals surface area contributed by atoms with Crippen molar-refractivity contribution in [3.63, 3.8) is 0 Å². The smallest absolute Gasteiger partial charge is 0.248 e. The van der Waals surface area contributed by atoms with Gasteiger partial charge < -0.3 is 20.3 Å². The highest BCUT2D eigenvalue weighted by Crippen LogP contribution is 2.23. The van der Waals surface area contributed by atoms with E-state index in [1.807, 2.05) is 20.8 Å². The fourth-order valence-corrected chi connectivity index (χ4v) is 1.51. The highest BCUT2D eigenvalue weighted by Gasteiger charge is 2.17. The molecule has 1 unspecified atom stereocenters. The molecule has 1 amide bonds. The van der Waals surface area contributed by atoms with Gasteiger partial charge in [0.05, 0.1) is 5.60 Å². The van der Waals surface area contributed by atoms with E-state index < -0.39 is 12.2 Å². The molecule has 1 atom stereocenters. The molecule has 1 rings (SSSR count). The Morgan fingerprint density at radius 1 is 1.33 bits per heavy atom. The first kappa shape index (κ1) is 14.3. The van der Waals surface area contributed by atoms with Crippen LogP contribution in [0.1, 0.15) is 38.1 Å². The van der Waals surface area contributed by atoms with Crippen LogP contribution in [0, 0.1) is 0 Å². The number of aromatic hydroxyl groups is 1. The van der Waals surface area contributed by atoms with Crippen molar-refractivity contribution >= 4 is 5.91 Å². The zero-order valence-electron chi connectivity index (χ0n) is 11.1. The Balaban J connectivity index is 2.81. The fourth-order valence-electron chi connectivity index (χ4n) is 1.51. The van der Waals surface area contributed by atoms with E-state index in [0.717, 1.165) is 0 Å². The van der Waals surface area contributed by atoms with Crippen LogP contribution in [0.15, 0.2) is 18.2 Å². The summed E-state index contributed by atoms with van der Waals surface area (Å²) in [7, 11) is 0. The van der Waals surface area contributed by atoms with Crippen LogP contribution in [-0.2, 0) is 4.74 Å². The topological polar surface area (TPSA) is 81.8 Å². The molecule has 0 saturated heterocycles. The number of benzene rings is 1. The number of carbonyl (C=O) groups is 1. The number of ether oxygens (including phenoxy) is 2. The second-order valence-corrected chi connectivity index (χ2v) is 5.00. The van der Waals surface area contributed by atoms with E-state index in [9.17, 15) is 9.90 Å². The Hall–Kier alpha value is -1.75. The zero-order chi connectivity index (χ0) is 13.9. The van der Waals surface area contributed by atoms with Crippen molar-refractivity contribution in [1.82, 2.24) is 0 Å². The maximum absolute atomic E-state index is 11.0. The average molecular weight is 253 g/mol. The second-order valence-electron chi connectivity index (χ2n) is 5.00. The summed E-state index contributed by atoms with van der Waals surface area (Å²) in [6, 6.07) is 4.14. The first-order chi connectivity index (χ1) is 8.17. The Labute approximate surface area is 107 Å². The van der Waals surface area contributed by atoms with Crippen molar-refractivity contribution in [3.8, 4) is 11.5 Å². The zero-order valence-corrected chi connectivity index (χ0v) is 11.1. The Morgan fingerprint density at radius 3 is 2.44 bits per heavy atom. The van der Waals surface area contributed by atoms with Crippen LogP contribution in [0.2, 0.25) is 0 Å². The number of nitrogens with two attached hydrogens (primary N) is 1. The molecule has 0 radical (unpaired) electrons. The van der Waals surface area contributed by atoms with E-state index in [0.29, 0.717) is 5.75 Å². The van der Waals surface area contributed by atoms with Crippen LogP contribution < -0.4 is 10.5 Å². The van der Waals surface area contributed by atoms with Gasteiger partial charge in [-0.05, 0) is 39.8 Å². The monoisotopic (exact) mass is 253 g/mol. The molecule has 0 aliphatic heterocycles. The first-order valence-electron chi connectivity index (χ1n) is 5.66. The minimum absolute atomic E-state index is 0.0794. The molecular formula is C13H19NO4. The normalized spacial score (nSPS) is 13.1. The lowest BCUT2D eigenvalue weighted by molar-refractivity contribution is -0.140. The summed E-state index contributed by atoms with van der Waals surface area (Å²) >= 11 is 0. The molecule has 1 aromatic carbocycles. The van der Waals surface area contributed by atoms with E-state index in [4.69, 9.17) is 15.2 Å². The third kappa shape index (κ3) is 4.63. The van der Waals surface area contributed by atoms with Gasteiger partial charge in [0, 0.05) is 11.6 Å². The molecule has 0 aromatic heterocycles. The van der Waals surface area contributed by atoms with Crippen LogP contribution in [0.3, 0.4) is 0 Å². The molecule has 100 valence electrons. The maximum Gasteiger partial charge on any atom is 0.248 e. The van der Waals surface area contributed by atoms with Crippen molar-refractivity contribution in [3.05, 3.63) is 23.8 Å². The quantitative estimate of drug-likeness (QED) is 0.804. The summed E-state index contributed by atoms with van der Waals surface area (Å²) in [5.74, 6) is -0.370. The van der Waals surface area contributed by atoms with Crippen LogP contribution in [0.25, 0.3) is 0 Å². The van der Waals surface area contributed by atoms with E-state index in [-0.39, 0.29) is 16.9 Å². The highest BCUT2D eigenvalue weighted by atomic mass is 16.7. The number of primary amides is 1. The molecular weight excluding hydrogens is 234 g/mol. The molecule has 1 aromatic rings. The summed E-state index contributed by atoms with van der Waals surface area (Å²) in [5.41, 5.74) is 4.99. The standard InChI is InChI=1S/C13H19NO4/c1-8(18-13(2,3)4)17-11-6-9(12(14)16)5-10(15)7-11/h5-8,15H,1-4H3,(H2,14,16). The van der Waals surface area contributed by atoms with Crippen molar-refractivity contribution in [2.24, 2.45) is 5.73 Å². The summed E-state index contributed by atoms with van der Waals surface area (Å²) in [6.07, 6.45) is -0.507. The van der Waals surface area contributed by atoms with Gasteiger partial charge in [-0.3, -0.25) is 4.79 Å². The van der Waals surface area contributed by atoms with Gasteiger partial charge >= 0.3 is 0 Å². The van der Waals surface area contributed by atoms with Crippen molar-refractivity contribution < 1.29 is 19.4 Å². The Bertz CT molecular complexity index is 437. The number of hydrogen-bond donors (Lipinski definition) is 2. The summed E-state index contributed by atoms with van der Waals surface area (Å²) < 4.78 is 11.0. The SMILES string of the molecule is CC(Oc1cc(O)cc(C(N)=O)c1)OC(C)(C)C. The molecule has 5 nitrogen and oxygen atoms in total. The number of hydrogen-bond acceptors (Lipinski definition) is 4. The van der Waals surface area contributed by atoms with Gasteiger partial charge in [0.25, 0.3) is 0 Å². The van der Waals surface area contributed by atoms with Crippen molar-refractivity contribution in [1.29, 1.82) is 0 Å². The van der Waals surface area contributed by atoms with Crippen LogP contribution in [-0.4, -0.2) is 22.9 Å². The second kappa shape index (κ2) is 5.27. The molecule has 0 heterocycles. The summed E-state index contributed by atoms with van der Waals surface area (Å²) in [4.78, 5) is 11.0.